The molecule has 0 radical (unpaired) electrons. The molecule has 2 unspecified atom stereocenters. The van der Waals surface area contributed by atoms with E-state index in [0.29, 0.717) is 18.1 Å². The molecule has 1 heterocycles. The first-order chi connectivity index (χ1) is 9.63. The Hall–Kier alpha value is -1.11. The third-order valence-corrected chi connectivity index (χ3v) is 6.30. The number of thioether (sulfide) groups is 1. The summed E-state index contributed by atoms with van der Waals surface area (Å²) in [4.78, 5) is 16.0. The fraction of sp³-hybridized carbons (Fsp3) is 0.429. The van der Waals surface area contributed by atoms with Crippen molar-refractivity contribution in [1.82, 2.24) is 10.3 Å². The van der Waals surface area contributed by atoms with Crippen molar-refractivity contribution in [1.29, 1.82) is 0 Å². The molecule has 3 rings (SSSR count). The molecule has 0 saturated heterocycles. The molecule has 4 nitrogen and oxygen atoms in total. The topological polar surface area (TPSA) is 62.2 Å². The van der Waals surface area contributed by atoms with Crippen molar-refractivity contribution in [3.05, 3.63) is 24.3 Å². The van der Waals surface area contributed by atoms with Crippen LogP contribution in [0, 0.1) is 0 Å². The SMILES string of the molecule is CNC1(C(=O)O)CCC(Sc2nc3ccccc3s2)C1. The molecule has 1 aliphatic carbocycles. The minimum absolute atomic E-state index is 0.319. The first-order valence-electron chi connectivity index (χ1n) is 6.57. The van der Waals surface area contributed by atoms with Crippen LogP contribution in [0.4, 0.5) is 0 Å². The molecule has 1 aromatic heterocycles. The van der Waals surface area contributed by atoms with Crippen molar-refractivity contribution in [3.8, 4) is 0 Å². The lowest BCUT2D eigenvalue weighted by atomic mass is 9.99. The molecule has 1 saturated carbocycles. The van der Waals surface area contributed by atoms with Crippen molar-refractivity contribution < 1.29 is 9.90 Å². The van der Waals surface area contributed by atoms with Gasteiger partial charge in [-0.15, -0.1) is 11.3 Å². The van der Waals surface area contributed by atoms with E-state index < -0.39 is 11.5 Å². The number of benzene rings is 1. The van der Waals surface area contributed by atoms with Gasteiger partial charge in [0, 0.05) is 5.25 Å². The van der Waals surface area contributed by atoms with E-state index in [1.807, 2.05) is 18.2 Å². The van der Waals surface area contributed by atoms with Gasteiger partial charge in [-0.3, -0.25) is 4.79 Å². The molecule has 2 N–H and O–H groups in total. The maximum Gasteiger partial charge on any atom is 0.323 e. The van der Waals surface area contributed by atoms with E-state index in [1.54, 1.807) is 30.1 Å². The van der Waals surface area contributed by atoms with Gasteiger partial charge in [-0.05, 0) is 38.4 Å². The Kier molecular flexibility index (Phi) is 3.70. The Morgan fingerprint density at radius 3 is 3.00 bits per heavy atom. The van der Waals surface area contributed by atoms with Gasteiger partial charge in [0.1, 0.15) is 5.54 Å². The second-order valence-corrected chi connectivity index (χ2v) is 7.65. The van der Waals surface area contributed by atoms with Gasteiger partial charge in [0.2, 0.25) is 0 Å². The van der Waals surface area contributed by atoms with Crippen molar-refractivity contribution in [3.63, 3.8) is 0 Å². The fourth-order valence-corrected chi connectivity index (χ4v) is 5.28. The number of nitrogens with one attached hydrogen (secondary N) is 1. The predicted octanol–water partition coefficient (Wildman–Crippen LogP) is 2.98. The maximum absolute atomic E-state index is 11.4. The number of aromatic nitrogens is 1. The Balaban J connectivity index is 1.74. The number of hydrogen-bond donors (Lipinski definition) is 2. The standard InChI is InChI=1S/C14H16N2O2S2/c1-15-14(12(17)18)7-6-9(8-14)19-13-16-10-4-2-3-5-11(10)20-13/h2-5,9,15H,6-8H2,1H3,(H,17,18). The number of fused-ring (bicyclic) bond motifs is 1. The number of carboxylic acids is 1. The summed E-state index contributed by atoms with van der Waals surface area (Å²) < 4.78 is 2.22. The van der Waals surface area contributed by atoms with E-state index in [1.165, 1.54) is 4.70 Å². The monoisotopic (exact) mass is 308 g/mol. The summed E-state index contributed by atoms with van der Waals surface area (Å²) in [5.41, 5.74) is 0.269. The Bertz CT molecular complexity index is 610. The van der Waals surface area contributed by atoms with Crippen LogP contribution >= 0.6 is 23.1 Å². The summed E-state index contributed by atoms with van der Waals surface area (Å²) in [5, 5.41) is 12.7. The smallest absolute Gasteiger partial charge is 0.323 e. The highest BCUT2D eigenvalue weighted by atomic mass is 32.2. The van der Waals surface area contributed by atoms with Crippen LogP contribution in [0.5, 0.6) is 0 Å². The summed E-state index contributed by atoms with van der Waals surface area (Å²) in [6.45, 7) is 0. The molecule has 2 atom stereocenters. The second-order valence-electron chi connectivity index (χ2n) is 5.07. The lowest BCUT2D eigenvalue weighted by Crippen LogP contribution is -2.48. The molecule has 106 valence electrons. The normalized spacial score (nSPS) is 26.1. The van der Waals surface area contributed by atoms with Gasteiger partial charge in [-0.25, -0.2) is 4.98 Å². The van der Waals surface area contributed by atoms with Gasteiger partial charge in [-0.1, -0.05) is 23.9 Å². The molecule has 1 fully saturated rings. The fourth-order valence-electron chi connectivity index (χ4n) is 2.67. The highest BCUT2D eigenvalue weighted by Gasteiger charge is 2.44. The summed E-state index contributed by atoms with van der Waals surface area (Å²) in [6, 6.07) is 8.09. The van der Waals surface area contributed by atoms with Crippen LogP contribution in [-0.2, 0) is 4.79 Å². The molecule has 1 aliphatic rings. The molecular weight excluding hydrogens is 292 g/mol. The molecule has 0 bridgehead atoms. The highest BCUT2D eigenvalue weighted by molar-refractivity contribution is 8.01. The van der Waals surface area contributed by atoms with Crippen molar-refractivity contribution in [2.45, 2.75) is 34.4 Å². The Labute approximate surface area is 125 Å². The summed E-state index contributed by atoms with van der Waals surface area (Å²) >= 11 is 3.40. The highest BCUT2D eigenvalue weighted by Crippen LogP contribution is 2.42. The van der Waals surface area contributed by atoms with Crippen LogP contribution < -0.4 is 5.32 Å². The van der Waals surface area contributed by atoms with Crippen LogP contribution in [0.2, 0.25) is 0 Å². The van der Waals surface area contributed by atoms with Crippen LogP contribution in [-0.4, -0.2) is 33.9 Å². The van der Waals surface area contributed by atoms with Crippen molar-refractivity contribution in [2.75, 3.05) is 7.05 Å². The lowest BCUT2D eigenvalue weighted by molar-refractivity contribution is -0.144. The number of carboxylic acid groups (broad SMARTS) is 1. The third kappa shape index (κ3) is 2.43. The zero-order chi connectivity index (χ0) is 14.2. The zero-order valence-electron chi connectivity index (χ0n) is 11.1. The summed E-state index contributed by atoms with van der Waals surface area (Å²) in [5.74, 6) is -0.743. The molecule has 0 spiro atoms. The van der Waals surface area contributed by atoms with Crippen LogP contribution in [0.3, 0.4) is 0 Å². The number of para-hydroxylation sites is 1. The first-order valence-corrected chi connectivity index (χ1v) is 8.27. The van der Waals surface area contributed by atoms with Crippen molar-refractivity contribution in [2.24, 2.45) is 0 Å². The van der Waals surface area contributed by atoms with Crippen LogP contribution in [0.25, 0.3) is 10.2 Å². The zero-order valence-corrected chi connectivity index (χ0v) is 12.8. The minimum Gasteiger partial charge on any atom is -0.480 e. The summed E-state index contributed by atoms with van der Waals surface area (Å²) in [7, 11) is 1.73. The molecular formula is C14H16N2O2S2. The van der Waals surface area contributed by atoms with Crippen molar-refractivity contribution >= 4 is 39.3 Å². The maximum atomic E-state index is 11.4. The molecule has 0 aliphatic heterocycles. The van der Waals surface area contributed by atoms with E-state index in [-0.39, 0.29) is 0 Å². The number of likely N-dealkylation sites (N-methyl/N-ethyl adjacent to an activating group) is 1. The lowest BCUT2D eigenvalue weighted by Gasteiger charge is -2.23. The van der Waals surface area contributed by atoms with Crippen LogP contribution in [0.15, 0.2) is 28.6 Å². The predicted molar refractivity (Wildman–Crippen MR) is 82.5 cm³/mol. The summed E-state index contributed by atoms with van der Waals surface area (Å²) in [6.07, 6.45) is 2.24. The van der Waals surface area contributed by atoms with E-state index in [2.05, 4.69) is 16.4 Å². The first kappa shape index (κ1) is 13.9. The van der Waals surface area contributed by atoms with E-state index in [0.717, 1.165) is 16.3 Å². The third-order valence-electron chi connectivity index (χ3n) is 3.90. The second kappa shape index (κ2) is 5.35. The molecule has 0 amide bonds. The van der Waals surface area contributed by atoms with Gasteiger partial charge < -0.3 is 10.4 Å². The van der Waals surface area contributed by atoms with E-state index >= 15 is 0 Å². The van der Waals surface area contributed by atoms with E-state index in [9.17, 15) is 9.90 Å². The van der Waals surface area contributed by atoms with Gasteiger partial charge in [0.15, 0.2) is 4.34 Å². The molecule has 6 heteroatoms. The van der Waals surface area contributed by atoms with Gasteiger partial charge in [0.25, 0.3) is 0 Å². The Morgan fingerprint density at radius 2 is 2.35 bits per heavy atom. The molecule has 2 aromatic rings. The number of rotatable bonds is 4. The number of aliphatic carboxylic acids is 1. The Morgan fingerprint density at radius 1 is 1.55 bits per heavy atom. The van der Waals surface area contributed by atoms with Gasteiger partial charge in [-0.2, -0.15) is 0 Å². The number of nitrogens with zero attached hydrogens (tertiary/aromatic N) is 1. The van der Waals surface area contributed by atoms with Crippen LogP contribution in [0.1, 0.15) is 19.3 Å². The largest absolute Gasteiger partial charge is 0.480 e. The number of carbonyl (C=O) groups is 1. The number of thiazole rings is 1. The average Bonchev–Trinajstić information content (AvgIpc) is 3.03. The average molecular weight is 308 g/mol. The quantitative estimate of drug-likeness (QED) is 0.909. The van der Waals surface area contributed by atoms with E-state index in [4.69, 9.17) is 0 Å². The molecule has 1 aromatic carbocycles. The number of hydrogen-bond acceptors (Lipinski definition) is 5. The molecule has 20 heavy (non-hydrogen) atoms. The minimum atomic E-state index is -0.756. The van der Waals surface area contributed by atoms with Gasteiger partial charge >= 0.3 is 5.97 Å². The van der Waals surface area contributed by atoms with Gasteiger partial charge in [0.05, 0.1) is 10.2 Å².